The number of H-pyrrole nitrogens is 1. The maximum absolute atomic E-state index is 13.3. The number of aromatic nitrogens is 4. The number of anilines is 1. The van der Waals surface area contributed by atoms with E-state index in [1.807, 2.05) is 19.1 Å². The van der Waals surface area contributed by atoms with Gasteiger partial charge in [-0.25, -0.2) is 0 Å². The van der Waals surface area contributed by atoms with Crippen LogP contribution < -0.4 is 20.9 Å². The second-order valence-electron chi connectivity index (χ2n) is 9.37. The van der Waals surface area contributed by atoms with E-state index in [0.717, 1.165) is 5.56 Å². The maximum Gasteiger partial charge on any atom is 0.317 e. The number of nitrogens with zero attached hydrogens (tertiary/aromatic N) is 5. The number of tetrazole rings is 1. The van der Waals surface area contributed by atoms with Crippen LogP contribution >= 0.6 is 0 Å². The average Bonchev–Trinajstić information content (AvgIpc) is 3.55. The lowest BCUT2D eigenvalue weighted by molar-refractivity contribution is -0.138. The number of nitrogens with one attached hydrogen (secondary N) is 4. The van der Waals surface area contributed by atoms with E-state index in [9.17, 15) is 24.0 Å². The van der Waals surface area contributed by atoms with Gasteiger partial charge in [-0.05, 0) is 24.6 Å². The number of rotatable bonds is 13. The number of aliphatic carboxylic acids is 1. The number of carbonyl (C=O) groups is 5. The van der Waals surface area contributed by atoms with Crippen molar-refractivity contribution in [1.29, 1.82) is 0 Å². The van der Waals surface area contributed by atoms with E-state index in [4.69, 9.17) is 5.11 Å². The number of amides is 4. The molecule has 3 atom stereocenters. The lowest BCUT2D eigenvalue weighted by Gasteiger charge is -2.27. The molecule has 2 heterocycles. The standard InChI is InChI=1S/C24H33N9O6/c1-4-14(2)22(27-19(34)12-32(3)13-21(36)37)24(39)26-11-20(35)33-16-8-6-5-7-15(16)9-17(33)23(38)25-10-18-28-30-31-29-18/h5-8,14,17,22H,4,9-13H2,1-3H3,(H,25,38)(H,26,39)(H,27,34)(H,36,37)(H,28,29,30,31)/t14-,17-,22-/m0/s1. The molecule has 3 rings (SSSR count). The van der Waals surface area contributed by atoms with Crippen LogP contribution in [0.4, 0.5) is 5.69 Å². The van der Waals surface area contributed by atoms with E-state index in [2.05, 4.69) is 36.6 Å². The Morgan fingerprint density at radius 2 is 1.92 bits per heavy atom. The predicted molar refractivity (Wildman–Crippen MR) is 137 cm³/mol. The lowest BCUT2D eigenvalue weighted by atomic mass is 9.98. The van der Waals surface area contributed by atoms with Gasteiger partial charge in [0.15, 0.2) is 5.82 Å². The van der Waals surface area contributed by atoms with Gasteiger partial charge in [0.2, 0.25) is 23.6 Å². The fourth-order valence-corrected chi connectivity index (χ4v) is 4.26. The molecule has 5 N–H and O–H groups in total. The number of hydrogen-bond acceptors (Lipinski definition) is 9. The summed E-state index contributed by atoms with van der Waals surface area (Å²) in [5.41, 5.74) is 1.39. The summed E-state index contributed by atoms with van der Waals surface area (Å²) < 4.78 is 0. The summed E-state index contributed by atoms with van der Waals surface area (Å²) in [6, 6.07) is 5.36. The molecule has 1 aromatic carbocycles. The summed E-state index contributed by atoms with van der Waals surface area (Å²) in [6.07, 6.45) is 0.864. The first kappa shape index (κ1) is 29.2. The van der Waals surface area contributed by atoms with E-state index in [1.165, 1.54) is 16.8 Å². The molecule has 0 saturated heterocycles. The zero-order valence-electron chi connectivity index (χ0n) is 22.0. The normalized spacial score (nSPS) is 15.8. The van der Waals surface area contributed by atoms with Crippen molar-refractivity contribution < 1.29 is 29.1 Å². The van der Waals surface area contributed by atoms with Crippen LogP contribution in [0.3, 0.4) is 0 Å². The van der Waals surface area contributed by atoms with Gasteiger partial charge in [-0.1, -0.05) is 43.7 Å². The molecule has 0 unspecified atom stereocenters. The third kappa shape index (κ3) is 7.80. The number of benzene rings is 1. The number of likely N-dealkylation sites (N-methyl/N-ethyl adjacent to an activating group) is 1. The lowest BCUT2D eigenvalue weighted by Crippen LogP contribution is -2.55. The van der Waals surface area contributed by atoms with E-state index >= 15 is 0 Å². The molecule has 210 valence electrons. The molecule has 39 heavy (non-hydrogen) atoms. The second kappa shape index (κ2) is 13.4. The van der Waals surface area contributed by atoms with Crippen molar-refractivity contribution in [3.8, 4) is 0 Å². The second-order valence-corrected chi connectivity index (χ2v) is 9.37. The van der Waals surface area contributed by atoms with Gasteiger partial charge < -0.3 is 21.1 Å². The van der Waals surface area contributed by atoms with Crippen LogP contribution in [0.5, 0.6) is 0 Å². The van der Waals surface area contributed by atoms with Crippen molar-refractivity contribution in [2.75, 3.05) is 31.6 Å². The topological polar surface area (TPSA) is 203 Å². The van der Waals surface area contributed by atoms with Crippen molar-refractivity contribution >= 4 is 35.3 Å². The summed E-state index contributed by atoms with van der Waals surface area (Å²) in [6.45, 7) is 2.73. The van der Waals surface area contributed by atoms with Gasteiger partial charge in [-0.2, -0.15) is 5.21 Å². The zero-order chi connectivity index (χ0) is 28.5. The smallest absolute Gasteiger partial charge is 0.317 e. The Morgan fingerprint density at radius 3 is 2.59 bits per heavy atom. The highest BCUT2D eigenvalue weighted by Gasteiger charge is 2.38. The number of hydrogen-bond donors (Lipinski definition) is 5. The number of fused-ring (bicyclic) bond motifs is 1. The van der Waals surface area contributed by atoms with Gasteiger partial charge in [0.25, 0.3) is 0 Å². The minimum atomic E-state index is -1.08. The molecule has 2 aromatic rings. The van der Waals surface area contributed by atoms with Gasteiger partial charge >= 0.3 is 5.97 Å². The molecular formula is C24H33N9O6. The summed E-state index contributed by atoms with van der Waals surface area (Å²) >= 11 is 0. The van der Waals surface area contributed by atoms with Crippen molar-refractivity contribution in [1.82, 2.24) is 41.5 Å². The third-order valence-electron chi connectivity index (χ3n) is 6.40. The molecule has 1 aromatic heterocycles. The molecule has 1 aliphatic heterocycles. The number of para-hydroxylation sites is 1. The fraction of sp³-hybridized carbons (Fsp3) is 0.500. The predicted octanol–water partition coefficient (Wildman–Crippen LogP) is -1.56. The van der Waals surface area contributed by atoms with Crippen molar-refractivity contribution in [2.45, 2.75) is 45.3 Å². The minimum absolute atomic E-state index is 0.0267. The largest absolute Gasteiger partial charge is 0.480 e. The van der Waals surface area contributed by atoms with Crippen LogP contribution in [0.25, 0.3) is 0 Å². The number of carbonyl (C=O) groups excluding carboxylic acids is 4. The van der Waals surface area contributed by atoms with E-state index in [1.54, 1.807) is 19.1 Å². The van der Waals surface area contributed by atoms with Crippen LogP contribution in [0.1, 0.15) is 31.7 Å². The first-order chi connectivity index (χ1) is 18.6. The molecule has 0 fully saturated rings. The van der Waals surface area contributed by atoms with Crippen LogP contribution in [0.2, 0.25) is 0 Å². The Kier molecular flexibility index (Phi) is 10.0. The molecule has 0 bridgehead atoms. The molecule has 15 nitrogen and oxygen atoms in total. The minimum Gasteiger partial charge on any atom is -0.480 e. The molecule has 15 heteroatoms. The van der Waals surface area contributed by atoms with Crippen LogP contribution in [0.15, 0.2) is 24.3 Å². The monoisotopic (exact) mass is 543 g/mol. The Balaban J connectivity index is 1.65. The number of carboxylic acids is 1. The third-order valence-corrected chi connectivity index (χ3v) is 6.40. The van der Waals surface area contributed by atoms with Gasteiger partial charge in [-0.3, -0.25) is 33.8 Å². The quantitative estimate of drug-likeness (QED) is 0.197. The van der Waals surface area contributed by atoms with Gasteiger partial charge in [-0.15, -0.1) is 10.2 Å². The highest BCUT2D eigenvalue weighted by molar-refractivity contribution is 6.05. The van der Waals surface area contributed by atoms with Crippen molar-refractivity contribution in [3.05, 3.63) is 35.7 Å². The number of carboxylic acid groups (broad SMARTS) is 1. The van der Waals surface area contributed by atoms with E-state index in [-0.39, 0.29) is 31.4 Å². The molecule has 0 spiro atoms. The Bertz CT molecular complexity index is 1190. The summed E-state index contributed by atoms with van der Waals surface area (Å²) in [5.74, 6) is -3.03. The molecule has 0 aliphatic carbocycles. The molecule has 1 aliphatic rings. The van der Waals surface area contributed by atoms with Gasteiger partial charge in [0, 0.05) is 12.1 Å². The Labute approximate surface area is 224 Å². The van der Waals surface area contributed by atoms with Gasteiger partial charge in [0.05, 0.1) is 26.2 Å². The molecule has 4 amide bonds. The summed E-state index contributed by atoms with van der Waals surface area (Å²) in [5, 5.41) is 30.2. The Hall–Kier alpha value is -4.40. The van der Waals surface area contributed by atoms with Crippen LogP contribution in [0, 0.1) is 5.92 Å². The highest BCUT2D eigenvalue weighted by Crippen LogP contribution is 2.32. The highest BCUT2D eigenvalue weighted by atomic mass is 16.4. The molecular weight excluding hydrogens is 510 g/mol. The van der Waals surface area contributed by atoms with Gasteiger partial charge in [0.1, 0.15) is 12.1 Å². The van der Waals surface area contributed by atoms with Crippen LogP contribution in [-0.4, -0.2) is 99.0 Å². The first-order valence-electron chi connectivity index (χ1n) is 12.5. The summed E-state index contributed by atoms with van der Waals surface area (Å²) in [7, 11) is 1.48. The average molecular weight is 544 g/mol. The SMILES string of the molecule is CC[C@H](C)[C@H](NC(=O)CN(C)CC(=O)O)C(=O)NCC(=O)N1c2ccccc2C[C@H]1C(=O)NCc1nn[nH]n1. The molecule has 0 saturated carbocycles. The maximum atomic E-state index is 13.3. The molecule has 0 radical (unpaired) electrons. The Morgan fingerprint density at radius 1 is 1.18 bits per heavy atom. The van der Waals surface area contributed by atoms with Crippen molar-refractivity contribution in [2.24, 2.45) is 5.92 Å². The van der Waals surface area contributed by atoms with E-state index < -0.39 is 48.2 Å². The van der Waals surface area contributed by atoms with Crippen molar-refractivity contribution in [3.63, 3.8) is 0 Å². The van der Waals surface area contributed by atoms with Crippen LogP contribution in [-0.2, 0) is 36.9 Å². The first-order valence-corrected chi connectivity index (χ1v) is 12.5. The fourth-order valence-electron chi connectivity index (χ4n) is 4.26. The zero-order valence-corrected chi connectivity index (χ0v) is 22.0. The van der Waals surface area contributed by atoms with E-state index in [0.29, 0.717) is 18.5 Å². The number of aromatic amines is 1. The summed E-state index contributed by atoms with van der Waals surface area (Å²) in [4.78, 5) is 65.4.